The zero-order valence-corrected chi connectivity index (χ0v) is 16.7. The van der Waals surface area contributed by atoms with E-state index in [2.05, 4.69) is 26.7 Å². The number of fused-ring (bicyclic) bond motifs is 1. The SMILES string of the molecule is N#C/C(=C1\Nc2ccccc2O1)c1ccnc(NCCCC(=O)N2CCCCC2)n1. The van der Waals surface area contributed by atoms with E-state index >= 15 is 0 Å². The maximum atomic E-state index is 12.2. The molecule has 2 aliphatic heterocycles. The number of hydrogen-bond acceptors (Lipinski definition) is 7. The van der Waals surface area contributed by atoms with E-state index in [9.17, 15) is 10.1 Å². The van der Waals surface area contributed by atoms with Gasteiger partial charge in [-0.2, -0.15) is 5.26 Å². The molecule has 1 fully saturated rings. The molecule has 0 atom stereocenters. The Balaban J connectivity index is 1.35. The third-order valence-electron chi connectivity index (χ3n) is 5.16. The second-order valence-electron chi connectivity index (χ2n) is 7.28. The van der Waals surface area contributed by atoms with Crippen LogP contribution < -0.4 is 15.4 Å². The second-order valence-corrected chi connectivity index (χ2v) is 7.28. The first-order chi connectivity index (χ1) is 14.7. The lowest BCUT2D eigenvalue weighted by Crippen LogP contribution is -2.35. The standard InChI is InChI=1S/C22H24N6O2/c23-15-16(21-26-18-7-2-3-8-19(18)30-21)17-10-12-25-22(27-17)24-11-6-9-20(29)28-13-4-1-5-14-28/h2-3,7-8,10,12,26H,1,4-6,9,11,13-14H2,(H,24,25,27)/b21-16-. The summed E-state index contributed by atoms with van der Waals surface area (Å²) < 4.78 is 5.76. The fourth-order valence-corrected chi connectivity index (χ4v) is 3.58. The molecule has 3 heterocycles. The molecule has 0 radical (unpaired) electrons. The van der Waals surface area contributed by atoms with E-state index in [1.807, 2.05) is 29.2 Å². The van der Waals surface area contributed by atoms with Gasteiger partial charge in [0.1, 0.15) is 11.6 Å². The van der Waals surface area contributed by atoms with Crippen LogP contribution in [0.1, 0.15) is 37.8 Å². The highest BCUT2D eigenvalue weighted by molar-refractivity contribution is 5.81. The first-order valence-electron chi connectivity index (χ1n) is 10.3. The topological polar surface area (TPSA) is 103 Å². The van der Waals surface area contributed by atoms with Gasteiger partial charge in [-0.25, -0.2) is 9.97 Å². The Morgan fingerprint density at radius 2 is 2.07 bits per heavy atom. The highest BCUT2D eigenvalue weighted by atomic mass is 16.5. The third kappa shape index (κ3) is 4.51. The Labute approximate surface area is 175 Å². The van der Waals surface area contributed by atoms with E-state index in [0.717, 1.165) is 31.6 Å². The third-order valence-corrected chi connectivity index (χ3v) is 5.16. The molecule has 8 nitrogen and oxygen atoms in total. The number of carbonyl (C=O) groups excluding carboxylic acids is 1. The Hall–Kier alpha value is -3.60. The van der Waals surface area contributed by atoms with Gasteiger partial charge in [-0.3, -0.25) is 4.79 Å². The molecule has 4 rings (SSSR count). The van der Waals surface area contributed by atoms with Crippen molar-refractivity contribution in [3.8, 4) is 11.8 Å². The smallest absolute Gasteiger partial charge is 0.223 e. The van der Waals surface area contributed by atoms with Gasteiger partial charge in [-0.1, -0.05) is 12.1 Å². The van der Waals surface area contributed by atoms with E-state index in [1.165, 1.54) is 6.42 Å². The quantitative estimate of drug-likeness (QED) is 0.562. The lowest BCUT2D eigenvalue weighted by Gasteiger charge is -2.26. The maximum absolute atomic E-state index is 12.2. The Morgan fingerprint density at radius 1 is 1.23 bits per heavy atom. The van der Waals surface area contributed by atoms with E-state index in [0.29, 0.717) is 48.2 Å². The number of hydrogen-bond donors (Lipinski definition) is 2. The van der Waals surface area contributed by atoms with Crippen LogP contribution in [-0.4, -0.2) is 40.4 Å². The molecule has 2 aliphatic rings. The molecule has 2 aromatic rings. The molecule has 2 N–H and O–H groups in total. The van der Waals surface area contributed by atoms with Gasteiger partial charge in [0.05, 0.1) is 11.4 Å². The second kappa shape index (κ2) is 9.27. The van der Waals surface area contributed by atoms with Crippen LogP contribution in [0.25, 0.3) is 5.57 Å². The van der Waals surface area contributed by atoms with Crippen molar-refractivity contribution < 1.29 is 9.53 Å². The number of para-hydroxylation sites is 2. The molecule has 0 saturated carbocycles. The summed E-state index contributed by atoms with van der Waals surface area (Å²) in [5.41, 5.74) is 1.58. The highest BCUT2D eigenvalue weighted by Gasteiger charge is 2.22. The van der Waals surface area contributed by atoms with Crippen LogP contribution in [0.3, 0.4) is 0 Å². The number of piperidine rings is 1. The van der Waals surface area contributed by atoms with Gasteiger partial charge in [0.15, 0.2) is 5.75 Å². The molecule has 1 amide bonds. The van der Waals surface area contributed by atoms with Crippen LogP contribution in [0.4, 0.5) is 11.6 Å². The van der Waals surface area contributed by atoms with Crippen molar-refractivity contribution in [2.75, 3.05) is 30.3 Å². The molecule has 1 aromatic carbocycles. The van der Waals surface area contributed by atoms with Gasteiger partial charge in [-0.15, -0.1) is 0 Å². The molecular formula is C22H24N6O2. The number of amides is 1. The molecule has 0 bridgehead atoms. The molecule has 0 spiro atoms. The molecule has 1 aromatic heterocycles. The first-order valence-corrected chi connectivity index (χ1v) is 10.3. The number of rotatable bonds is 6. The Kier molecular flexibility index (Phi) is 6.09. The summed E-state index contributed by atoms with van der Waals surface area (Å²) in [5, 5.41) is 15.9. The van der Waals surface area contributed by atoms with E-state index < -0.39 is 0 Å². The van der Waals surface area contributed by atoms with Crippen molar-refractivity contribution in [3.63, 3.8) is 0 Å². The average Bonchev–Trinajstić information content (AvgIpc) is 3.22. The zero-order valence-electron chi connectivity index (χ0n) is 16.7. The summed E-state index contributed by atoms with van der Waals surface area (Å²) >= 11 is 0. The number of ether oxygens (including phenoxy) is 1. The summed E-state index contributed by atoms with van der Waals surface area (Å²) in [4.78, 5) is 22.9. The number of anilines is 2. The number of nitrogens with zero attached hydrogens (tertiary/aromatic N) is 4. The van der Waals surface area contributed by atoms with Gasteiger partial charge in [0, 0.05) is 32.3 Å². The molecule has 1 saturated heterocycles. The molecule has 154 valence electrons. The Morgan fingerprint density at radius 3 is 2.87 bits per heavy atom. The van der Waals surface area contributed by atoms with Crippen molar-refractivity contribution in [2.45, 2.75) is 32.1 Å². The van der Waals surface area contributed by atoms with Gasteiger partial charge >= 0.3 is 0 Å². The number of carbonyl (C=O) groups is 1. The van der Waals surface area contributed by atoms with Gasteiger partial charge in [-0.05, 0) is 43.9 Å². The number of nitriles is 1. The highest BCUT2D eigenvalue weighted by Crippen LogP contribution is 2.35. The minimum absolute atomic E-state index is 0.215. The van der Waals surface area contributed by atoms with E-state index in [4.69, 9.17) is 4.74 Å². The van der Waals surface area contributed by atoms with Crippen LogP contribution >= 0.6 is 0 Å². The lowest BCUT2D eigenvalue weighted by molar-refractivity contribution is -0.132. The summed E-state index contributed by atoms with van der Waals surface area (Å²) in [6.07, 6.45) is 6.23. The van der Waals surface area contributed by atoms with Gasteiger partial charge in [0.25, 0.3) is 0 Å². The molecule has 30 heavy (non-hydrogen) atoms. The number of allylic oxidation sites excluding steroid dienone is 1. The predicted molar refractivity (Wildman–Crippen MR) is 113 cm³/mol. The lowest BCUT2D eigenvalue weighted by atomic mass is 10.1. The normalized spacial score (nSPS) is 16.7. The number of likely N-dealkylation sites (tertiary alicyclic amines) is 1. The average molecular weight is 404 g/mol. The summed E-state index contributed by atoms with van der Waals surface area (Å²) in [5.74, 6) is 1.66. The molecular weight excluding hydrogens is 380 g/mol. The fourth-order valence-electron chi connectivity index (χ4n) is 3.58. The molecule has 0 aliphatic carbocycles. The zero-order chi connectivity index (χ0) is 20.8. The first kappa shape index (κ1) is 19.7. The van der Waals surface area contributed by atoms with Crippen LogP contribution in [-0.2, 0) is 4.79 Å². The van der Waals surface area contributed by atoms with Gasteiger partial charge < -0.3 is 20.3 Å². The van der Waals surface area contributed by atoms with Gasteiger partial charge in [0.2, 0.25) is 17.7 Å². The van der Waals surface area contributed by atoms with Crippen LogP contribution in [0, 0.1) is 11.3 Å². The monoisotopic (exact) mass is 404 g/mol. The number of aromatic nitrogens is 2. The summed E-state index contributed by atoms with van der Waals surface area (Å²) in [7, 11) is 0. The van der Waals surface area contributed by atoms with E-state index in [1.54, 1.807) is 12.3 Å². The van der Waals surface area contributed by atoms with Crippen molar-refractivity contribution in [3.05, 3.63) is 48.1 Å². The minimum Gasteiger partial charge on any atom is -0.437 e. The largest absolute Gasteiger partial charge is 0.437 e. The predicted octanol–water partition coefficient (Wildman–Crippen LogP) is 3.38. The minimum atomic E-state index is 0.215. The Bertz CT molecular complexity index is 964. The van der Waals surface area contributed by atoms with Crippen molar-refractivity contribution in [1.82, 2.24) is 14.9 Å². The van der Waals surface area contributed by atoms with Crippen LogP contribution in [0.5, 0.6) is 5.75 Å². The van der Waals surface area contributed by atoms with Crippen LogP contribution in [0.2, 0.25) is 0 Å². The molecule has 0 unspecified atom stereocenters. The van der Waals surface area contributed by atoms with E-state index in [-0.39, 0.29) is 5.91 Å². The number of nitrogens with one attached hydrogen (secondary N) is 2. The van der Waals surface area contributed by atoms with Crippen molar-refractivity contribution >= 4 is 23.1 Å². The number of benzene rings is 1. The van der Waals surface area contributed by atoms with Crippen molar-refractivity contribution in [2.24, 2.45) is 0 Å². The summed E-state index contributed by atoms with van der Waals surface area (Å²) in [6.45, 7) is 2.34. The van der Waals surface area contributed by atoms with Crippen LogP contribution in [0.15, 0.2) is 42.4 Å². The van der Waals surface area contributed by atoms with Crippen molar-refractivity contribution in [1.29, 1.82) is 5.26 Å². The fraction of sp³-hybridized carbons (Fsp3) is 0.364. The molecule has 8 heteroatoms. The summed E-state index contributed by atoms with van der Waals surface area (Å²) in [6, 6.07) is 11.3. The maximum Gasteiger partial charge on any atom is 0.223 e.